The summed E-state index contributed by atoms with van der Waals surface area (Å²) in [6.45, 7) is 0. The second-order valence-electron chi connectivity index (χ2n) is 4.34. The smallest absolute Gasteiger partial charge is 0.165 e. The third-order valence-corrected chi connectivity index (χ3v) is 3.54. The van der Waals surface area contributed by atoms with E-state index in [2.05, 4.69) is 9.97 Å². The van der Waals surface area contributed by atoms with Crippen LogP contribution < -0.4 is 4.74 Å². The van der Waals surface area contributed by atoms with Crippen molar-refractivity contribution in [1.29, 1.82) is 0 Å². The van der Waals surface area contributed by atoms with Gasteiger partial charge < -0.3 is 4.74 Å². The number of benzene rings is 2. The Balaban J connectivity index is 2.24. The number of methoxy groups -OCH3 is 1. The molecule has 0 aliphatic carbocycles. The molecular formula is C15H9Cl2FN2O. The summed E-state index contributed by atoms with van der Waals surface area (Å²) in [6.07, 6.45) is 0. The number of nitrogens with zero attached hydrogens (tertiary/aromatic N) is 2. The van der Waals surface area contributed by atoms with Crippen LogP contribution in [0.3, 0.4) is 0 Å². The molecule has 0 saturated heterocycles. The molecule has 106 valence electrons. The van der Waals surface area contributed by atoms with Crippen LogP contribution in [0.2, 0.25) is 10.2 Å². The lowest BCUT2D eigenvalue weighted by Gasteiger charge is -2.09. The van der Waals surface area contributed by atoms with Crippen molar-refractivity contribution in [3.05, 3.63) is 52.4 Å². The van der Waals surface area contributed by atoms with Crippen molar-refractivity contribution in [3.63, 3.8) is 0 Å². The first kappa shape index (κ1) is 14.0. The monoisotopic (exact) mass is 322 g/mol. The van der Waals surface area contributed by atoms with Crippen LogP contribution >= 0.6 is 23.2 Å². The Morgan fingerprint density at radius 2 is 1.86 bits per heavy atom. The van der Waals surface area contributed by atoms with E-state index in [4.69, 9.17) is 27.9 Å². The highest BCUT2D eigenvalue weighted by Gasteiger charge is 2.13. The lowest BCUT2D eigenvalue weighted by molar-refractivity contribution is 0.416. The zero-order valence-electron chi connectivity index (χ0n) is 10.9. The highest BCUT2D eigenvalue weighted by atomic mass is 35.5. The molecule has 0 unspecified atom stereocenters. The molecule has 21 heavy (non-hydrogen) atoms. The number of fused-ring (bicyclic) bond motifs is 1. The number of aromatic nitrogens is 2. The maximum absolute atomic E-state index is 13.3. The van der Waals surface area contributed by atoms with Gasteiger partial charge in [-0.2, -0.15) is 0 Å². The number of hydrogen-bond donors (Lipinski definition) is 0. The second kappa shape index (κ2) is 5.47. The lowest BCUT2D eigenvalue weighted by atomic mass is 10.1. The summed E-state index contributed by atoms with van der Waals surface area (Å²) in [5.74, 6) is 0.553. The Bertz CT molecular complexity index is 839. The first-order chi connectivity index (χ1) is 10.1. The van der Waals surface area contributed by atoms with Crippen LogP contribution in [-0.2, 0) is 0 Å². The molecule has 0 N–H and O–H groups in total. The maximum Gasteiger partial charge on any atom is 0.165 e. The average Bonchev–Trinajstić information content (AvgIpc) is 2.47. The van der Waals surface area contributed by atoms with Crippen LogP contribution in [0.15, 0.2) is 36.4 Å². The van der Waals surface area contributed by atoms with Crippen molar-refractivity contribution >= 4 is 34.1 Å². The number of rotatable bonds is 2. The van der Waals surface area contributed by atoms with Gasteiger partial charge in [0.1, 0.15) is 16.7 Å². The molecule has 0 saturated carbocycles. The van der Waals surface area contributed by atoms with Gasteiger partial charge in [0.05, 0.1) is 18.2 Å². The predicted molar refractivity (Wildman–Crippen MR) is 81.5 cm³/mol. The topological polar surface area (TPSA) is 35.0 Å². The molecule has 1 aromatic heterocycles. The van der Waals surface area contributed by atoms with E-state index in [1.807, 2.05) is 0 Å². The van der Waals surface area contributed by atoms with E-state index >= 15 is 0 Å². The van der Waals surface area contributed by atoms with E-state index in [1.54, 1.807) is 24.3 Å². The molecule has 1 heterocycles. The molecule has 0 bridgehead atoms. The van der Waals surface area contributed by atoms with E-state index in [0.717, 1.165) is 0 Å². The summed E-state index contributed by atoms with van der Waals surface area (Å²) in [5, 5.41) is 1.20. The first-order valence-electron chi connectivity index (χ1n) is 6.05. The van der Waals surface area contributed by atoms with Crippen molar-refractivity contribution in [2.75, 3.05) is 7.11 Å². The highest BCUT2D eigenvalue weighted by Crippen LogP contribution is 2.32. The molecule has 0 amide bonds. The van der Waals surface area contributed by atoms with Crippen LogP contribution in [0, 0.1) is 5.82 Å². The van der Waals surface area contributed by atoms with Gasteiger partial charge in [-0.15, -0.1) is 0 Å². The molecule has 3 nitrogen and oxygen atoms in total. The third kappa shape index (κ3) is 2.64. The van der Waals surface area contributed by atoms with Crippen LogP contribution in [0.1, 0.15) is 0 Å². The number of ether oxygens (including phenoxy) is 1. The van der Waals surface area contributed by atoms with Gasteiger partial charge in [-0.1, -0.05) is 23.2 Å². The Morgan fingerprint density at radius 3 is 2.62 bits per heavy atom. The van der Waals surface area contributed by atoms with Crippen LogP contribution in [-0.4, -0.2) is 17.1 Å². The minimum absolute atomic E-state index is 0.187. The van der Waals surface area contributed by atoms with Gasteiger partial charge in [-0.25, -0.2) is 14.4 Å². The molecule has 6 heteroatoms. The fourth-order valence-corrected chi connectivity index (χ4v) is 2.43. The molecule has 3 aromatic rings. The average molecular weight is 323 g/mol. The molecule has 2 aromatic carbocycles. The van der Waals surface area contributed by atoms with Gasteiger partial charge >= 0.3 is 0 Å². The van der Waals surface area contributed by atoms with Gasteiger partial charge in [0.15, 0.2) is 5.82 Å². The standard InChI is InChI=1S/C15H9Cl2FN2O/c1-21-13-6-8(16)2-4-10(13)15-19-12-5-3-9(18)7-11(12)14(17)20-15/h2-7H,1H3. The zero-order valence-corrected chi connectivity index (χ0v) is 12.4. The summed E-state index contributed by atoms with van der Waals surface area (Å²) in [4.78, 5) is 8.62. The highest BCUT2D eigenvalue weighted by molar-refractivity contribution is 6.34. The van der Waals surface area contributed by atoms with Crippen molar-refractivity contribution in [1.82, 2.24) is 9.97 Å². The summed E-state index contributed by atoms with van der Waals surface area (Å²) in [5.41, 5.74) is 1.22. The lowest BCUT2D eigenvalue weighted by Crippen LogP contribution is -1.95. The van der Waals surface area contributed by atoms with E-state index in [9.17, 15) is 4.39 Å². The number of halogens is 3. The molecule has 0 atom stereocenters. The SMILES string of the molecule is COc1cc(Cl)ccc1-c1nc(Cl)c2cc(F)ccc2n1. The van der Waals surface area contributed by atoms with Crippen molar-refractivity contribution in [3.8, 4) is 17.1 Å². The van der Waals surface area contributed by atoms with Crippen molar-refractivity contribution < 1.29 is 9.13 Å². The Labute approximate surface area is 130 Å². The largest absolute Gasteiger partial charge is 0.496 e. The van der Waals surface area contributed by atoms with E-state index in [-0.39, 0.29) is 11.0 Å². The normalized spacial score (nSPS) is 10.9. The summed E-state index contributed by atoms with van der Waals surface area (Å²) in [6, 6.07) is 9.33. The van der Waals surface area contributed by atoms with Gasteiger partial charge in [0, 0.05) is 10.4 Å². The molecular weight excluding hydrogens is 314 g/mol. The first-order valence-corrected chi connectivity index (χ1v) is 6.81. The van der Waals surface area contributed by atoms with Crippen molar-refractivity contribution in [2.45, 2.75) is 0 Å². The van der Waals surface area contributed by atoms with E-state index < -0.39 is 0 Å². The molecule has 0 radical (unpaired) electrons. The van der Waals surface area contributed by atoms with Crippen LogP contribution in [0.4, 0.5) is 4.39 Å². The van der Waals surface area contributed by atoms with E-state index in [1.165, 1.54) is 19.2 Å². The minimum atomic E-state index is -0.384. The second-order valence-corrected chi connectivity index (χ2v) is 5.14. The Hall–Kier alpha value is -1.91. The zero-order chi connectivity index (χ0) is 15.0. The Kier molecular flexibility index (Phi) is 3.66. The Morgan fingerprint density at radius 1 is 1.05 bits per heavy atom. The third-order valence-electron chi connectivity index (χ3n) is 3.02. The van der Waals surface area contributed by atoms with Gasteiger partial charge in [0.25, 0.3) is 0 Å². The van der Waals surface area contributed by atoms with Crippen LogP contribution in [0.5, 0.6) is 5.75 Å². The van der Waals surface area contributed by atoms with E-state index in [0.29, 0.717) is 33.1 Å². The molecule has 0 fully saturated rings. The molecule has 0 aliphatic rings. The van der Waals surface area contributed by atoms with Crippen molar-refractivity contribution in [2.24, 2.45) is 0 Å². The molecule has 0 spiro atoms. The summed E-state index contributed by atoms with van der Waals surface area (Å²) < 4.78 is 18.5. The van der Waals surface area contributed by atoms with Gasteiger partial charge in [-0.3, -0.25) is 0 Å². The fraction of sp³-hybridized carbons (Fsp3) is 0.0667. The molecule has 3 rings (SSSR count). The summed E-state index contributed by atoms with van der Waals surface area (Å²) in [7, 11) is 1.53. The minimum Gasteiger partial charge on any atom is -0.496 e. The predicted octanol–water partition coefficient (Wildman–Crippen LogP) is 4.75. The van der Waals surface area contributed by atoms with Gasteiger partial charge in [-0.05, 0) is 36.4 Å². The maximum atomic E-state index is 13.3. The number of hydrogen-bond acceptors (Lipinski definition) is 3. The summed E-state index contributed by atoms with van der Waals surface area (Å²) >= 11 is 12.1. The quantitative estimate of drug-likeness (QED) is 0.638. The molecule has 0 aliphatic heterocycles. The van der Waals surface area contributed by atoms with Crippen LogP contribution in [0.25, 0.3) is 22.3 Å². The van der Waals surface area contributed by atoms with Gasteiger partial charge in [0.2, 0.25) is 0 Å². The fourth-order valence-electron chi connectivity index (χ4n) is 2.03.